The van der Waals surface area contributed by atoms with Gasteiger partial charge in [0.1, 0.15) is 11.6 Å². The first-order valence-electron chi connectivity index (χ1n) is 6.71. The summed E-state index contributed by atoms with van der Waals surface area (Å²) in [6, 6.07) is 16.7. The van der Waals surface area contributed by atoms with Crippen LogP contribution in [0.1, 0.15) is 16.5 Å². The largest absolute Gasteiger partial charge is 0.207 e. The molecule has 1 atom stereocenters. The van der Waals surface area contributed by atoms with Crippen LogP contribution < -0.4 is 0 Å². The third-order valence-corrected chi connectivity index (χ3v) is 3.96. The quantitative estimate of drug-likeness (QED) is 0.549. The highest BCUT2D eigenvalue weighted by atomic mass is 35.5. The van der Waals surface area contributed by atoms with Gasteiger partial charge >= 0.3 is 0 Å². The molecule has 3 rings (SSSR count). The molecule has 0 heterocycles. The monoisotopic (exact) mass is 302 g/mol. The molecule has 0 N–H and O–H groups in total. The molecule has 0 radical (unpaired) electrons. The molecule has 0 saturated heterocycles. The van der Waals surface area contributed by atoms with Crippen LogP contribution in [0.25, 0.3) is 10.8 Å². The first-order valence-corrected chi connectivity index (χ1v) is 7.14. The van der Waals surface area contributed by atoms with Crippen LogP contribution >= 0.6 is 11.6 Å². The van der Waals surface area contributed by atoms with Gasteiger partial charge in [-0.05, 0) is 41.1 Å². The Balaban J connectivity index is 1.96. The molecule has 0 aliphatic carbocycles. The maximum Gasteiger partial charge on any atom is 0.131 e. The number of alkyl halides is 1. The van der Waals surface area contributed by atoms with E-state index >= 15 is 0 Å². The van der Waals surface area contributed by atoms with E-state index in [2.05, 4.69) is 0 Å². The molecular formula is C18H13ClF2. The Kier molecular flexibility index (Phi) is 3.89. The highest BCUT2D eigenvalue weighted by Gasteiger charge is 2.14. The lowest BCUT2D eigenvalue weighted by atomic mass is 9.98. The van der Waals surface area contributed by atoms with Gasteiger partial charge in [0.2, 0.25) is 0 Å². The van der Waals surface area contributed by atoms with Gasteiger partial charge in [0.05, 0.1) is 5.38 Å². The summed E-state index contributed by atoms with van der Waals surface area (Å²) in [6.45, 7) is 0. The van der Waals surface area contributed by atoms with Crippen molar-refractivity contribution in [2.45, 2.75) is 11.8 Å². The van der Waals surface area contributed by atoms with E-state index in [9.17, 15) is 8.78 Å². The Morgan fingerprint density at radius 3 is 2.19 bits per heavy atom. The molecule has 3 aromatic carbocycles. The van der Waals surface area contributed by atoms with E-state index < -0.39 is 0 Å². The van der Waals surface area contributed by atoms with E-state index in [1.54, 1.807) is 30.3 Å². The van der Waals surface area contributed by atoms with E-state index in [-0.39, 0.29) is 17.0 Å². The van der Waals surface area contributed by atoms with Crippen molar-refractivity contribution < 1.29 is 8.78 Å². The van der Waals surface area contributed by atoms with Gasteiger partial charge in [-0.15, -0.1) is 11.6 Å². The normalized spacial score (nSPS) is 12.5. The summed E-state index contributed by atoms with van der Waals surface area (Å²) in [7, 11) is 0. The second-order valence-electron chi connectivity index (χ2n) is 4.98. The molecule has 0 fully saturated rings. The summed E-state index contributed by atoms with van der Waals surface area (Å²) in [6.07, 6.45) is 0.567. The summed E-state index contributed by atoms with van der Waals surface area (Å²) in [4.78, 5) is 0. The number of benzene rings is 3. The summed E-state index contributed by atoms with van der Waals surface area (Å²) in [5.41, 5.74) is 1.84. The molecular weight excluding hydrogens is 290 g/mol. The van der Waals surface area contributed by atoms with Crippen LogP contribution in [0.3, 0.4) is 0 Å². The third-order valence-electron chi connectivity index (χ3n) is 3.57. The van der Waals surface area contributed by atoms with Crippen molar-refractivity contribution in [1.29, 1.82) is 0 Å². The van der Waals surface area contributed by atoms with E-state index in [0.717, 1.165) is 16.5 Å². The fraction of sp³-hybridized carbons (Fsp3) is 0.111. The lowest BCUT2D eigenvalue weighted by Gasteiger charge is -2.13. The van der Waals surface area contributed by atoms with Crippen molar-refractivity contribution in [1.82, 2.24) is 0 Å². The minimum absolute atomic E-state index is 0.250. The van der Waals surface area contributed by atoms with Gasteiger partial charge in [-0.3, -0.25) is 0 Å². The van der Waals surface area contributed by atoms with Crippen LogP contribution in [-0.4, -0.2) is 0 Å². The van der Waals surface area contributed by atoms with Crippen LogP contribution in [-0.2, 0) is 6.42 Å². The van der Waals surface area contributed by atoms with Crippen LogP contribution in [0.5, 0.6) is 0 Å². The molecule has 0 saturated carbocycles. The Hall–Kier alpha value is -1.93. The van der Waals surface area contributed by atoms with E-state index in [0.29, 0.717) is 11.8 Å². The molecule has 0 spiro atoms. The second kappa shape index (κ2) is 5.82. The predicted octanol–water partition coefficient (Wildman–Crippen LogP) is 5.64. The Morgan fingerprint density at radius 1 is 0.810 bits per heavy atom. The van der Waals surface area contributed by atoms with E-state index in [1.807, 2.05) is 12.1 Å². The number of hydrogen-bond donors (Lipinski definition) is 0. The van der Waals surface area contributed by atoms with Crippen molar-refractivity contribution in [3.8, 4) is 0 Å². The van der Waals surface area contributed by atoms with Crippen LogP contribution in [0.2, 0.25) is 0 Å². The SMILES string of the molecule is Fc1ccc(CC(Cl)c2ccc(F)c3ccccc23)cc1. The van der Waals surface area contributed by atoms with Crippen molar-refractivity contribution in [3.63, 3.8) is 0 Å². The predicted molar refractivity (Wildman–Crippen MR) is 82.6 cm³/mol. The van der Waals surface area contributed by atoms with E-state index in [4.69, 9.17) is 11.6 Å². The van der Waals surface area contributed by atoms with Crippen molar-refractivity contribution >= 4 is 22.4 Å². The summed E-state index contributed by atoms with van der Waals surface area (Å²) in [5.74, 6) is -0.517. The molecule has 0 amide bonds. The fourth-order valence-corrected chi connectivity index (χ4v) is 2.86. The minimum Gasteiger partial charge on any atom is -0.207 e. The van der Waals surface area contributed by atoms with Gasteiger partial charge in [0.15, 0.2) is 0 Å². The molecule has 106 valence electrons. The zero-order valence-electron chi connectivity index (χ0n) is 11.2. The van der Waals surface area contributed by atoms with Crippen molar-refractivity contribution in [3.05, 3.63) is 83.4 Å². The van der Waals surface area contributed by atoms with Crippen molar-refractivity contribution in [2.24, 2.45) is 0 Å². The molecule has 0 aliphatic rings. The molecule has 1 unspecified atom stereocenters. The third kappa shape index (κ3) is 2.91. The summed E-state index contributed by atoms with van der Waals surface area (Å²) >= 11 is 6.50. The zero-order valence-corrected chi connectivity index (χ0v) is 11.9. The Labute approximate surface area is 127 Å². The van der Waals surface area contributed by atoms with E-state index in [1.165, 1.54) is 18.2 Å². The molecule has 0 nitrogen and oxygen atoms in total. The Bertz CT molecular complexity index is 766. The molecule has 3 aromatic rings. The standard InChI is InChI=1S/C18H13ClF2/c19-17(11-12-5-7-13(20)8-6-12)15-9-10-18(21)16-4-2-1-3-14(15)16/h1-10,17H,11H2. The molecule has 0 aromatic heterocycles. The summed E-state index contributed by atoms with van der Waals surface area (Å²) < 4.78 is 26.7. The maximum absolute atomic E-state index is 13.8. The number of halogens is 3. The first-order chi connectivity index (χ1) is 10.1. The van der Waals surface area contributed by atoms with Crippen LogP contribution in [0.4, 0.5) is 8.78 Å². The summed E-state index contributed by atoms with van der Waals surface area (Å²) in [5, 5.41) is 1.10. The average Bonchev–Trinajstić information content (AvgIpc) is 2.50. The topological polar surface area (TPSA) is 0 Å². The van der Waals surface area contributed by atoms with Crippen LogP contribution in [0, 0.1) is 11.6 Å². The molecule has 0 bridgehead atoms. The highest BCUT2D eigenvalue weighted by molar-refractivity contribution is 6.22. The van der Waals surface area contributed by atoms with Gasteiger partial charge in [0, 0.05) is 5.39 Å². The first kappa shape index (κ1) is 14.0. The zero-order chi connectivity index (χ0) is 14.8. The molecule has 3 heteroatoms. The van der Waals surface area contributed by atoms with Gasteiger partial charge in [-0.2, -0.15) is 0 Å². The van der Waals surface area contributed by atoms with Gasteiger partial charge in [-0.1, -0.05) is 42.5 Å². The minimum atomic E-state index is -0.291. The highest BCUT2D eigenvalue weighted by Crippen LogP contribution is 2.32. The van der Waals surface area contributed by atoms with Crippen molar-refractivity contribution in [2.75, 3.05) is 0 Å². The Morgan fingerprint density at radius 2 is 1.48 bits per heavy atom. The van der Waals surface area contributed by atoms with Gasteiger partial charge < -0.3 is 0 Å². The fourth-order valence-electron chi connectivity index (χ4n) is 2.50. The average molecular weight is 303 g/mol. The smallest absolute Gasteiger partial charge is 0.131 e. The lowest BCUT2D eigenvalue weighted by molar-refractivity contribution is 0.626. The molecule has 0 aliphatic heterocycles. The number of hydrogen-bond acceptors (Lipinski definition) is 0. The maximum atomic E-state index is 13.8. The lowest BCUT2D eigenvalue weighted by Crippen LogP contribution is -1.98. The number of fused-ring (bicyclic) bond motifs is 1. The van der Waals surface area contributed by atoms with Crippen LogP contribution in [0.15, 0.2) is 60.7 Å². The number of rotatable bonds is 3. The second-order valence-corrected chi connectivity index (χ2v) is 5.51. The molecule has 21 heavy (non-hydrogen) atoms. The van der Waals surface area contributed by atoms with Gasteiger partial charge in [0.25, 0.3) is 0 Å². The van der Waals surface area contributed by atoms with Gasteiger partial charge in [-0.25, -0.2) is 8.78 Å².